The summed E-state index contributed by atoms with van der Waals surface area (Å²) in [6.45, 7) is 14.1. The predicted octanol–water partition coefficient (Wildman–Crippen LogP) is 3.42. The van der Waals surface area contributed by atoms with Gasteiger partial charge in [0, 0.05) is 12.8 Å². The monoisotopic (exact) mass is 482 g/mol. The summed E-state index contributed by atoms with van der Waals surface area (Å²) in [6, 6.07) is 0. The van der Waals surface area contributed by atoms with E-state index in [9.17, 15) is 19.5 Å². The normalized spacial score (nSPS) is 39.3. The van der Waals surface area contributed by atoms with Crippen LogP contribution in [0.5, 0.6) is 0 Å². The van der Waals surface area contributed by atoms with Gasteiger partial charge in [-0.1, -0.05) is 41.5 Å². The van der Waals surface area contributed by atoms with E-state index >= 15 is 0 Å². The molecule has 4 rings (SSSR count). The van der Waals surface area contributed by atoms with Gasteiger partial charge in [-0.05, 0) is 37.0 Å². The first-order valence-electron chi connectivity index (χ1n) is 12.2. The largest absolute Gasteiger partial charge is 0.481 e. The van der Waals surface area contributed by atoms with Gasteiger partial charge in [-0.15, -0.1) is 0 Å². The molecule has 192 valence electrons. The van der Waals surface area contributed by atoms with E-state index in [2.05, 4.69) is 20.8 Å². The van der Waals surface area contributed by atoms with Crippen LogP contribution in [0.4, 0.5) is 0 Å². The fourth-order valence-electron chi connectivity index (χ4n) is 5.67. The molecular formula is C25H38O9. The molecule has 4 aliphatic rings. The van der Waals surface area contributed by atoms with Crippen molar-refractivity contribution in [3.63, 3.8) is 0 Å². The number of rotatable bonds is 4. The zero-order chi connectivity index (χ0) is 25.3. The third-order valence-corrected chi connectivity index (χ3v) is 7.99. The van der Waals surface area contributed by atoms with Crippen molar-refractivity contribution < 1.29 is 43.2 Å². The van der Waals surface area contributed by atoms with Gasteiger partial charge in [-0.3, -0.25) is 9.59 Å². The van der Waals surface area contributed by atoms with Crippen LogP contribution in [-0.2, 0) is 38.1 Å². The Labute approximate surface area is 200 Å². The molecule has 9 heteroatoms. The van der Waals surface area contributed by atoms with Gasteiger partial charge in [-0.2, -0.15) is 0 Å². The number of esters is 2. The molecule has 6 unspecified atom stereocenters. The lowest BCUT2D eigenvalue weighted by Crippen LogP contribution is -2.48. The molecule has 3 saturated heterocycles. The molecule has 4 fully saturated rings. The van der Waals surface area contributed by atoms with Gasteiger partial charge in [0.15, 0.2) is 24.3 Å². The average Bonchev–Trinajstić information content (AvgIpc) is 3.28. The molecule has 0 aromatic heterocycles. The summed E-state index contributed by atoms with van der Waals surface area (Å²) in [5.41, 5.74) is -1.37. The maximum absolute atomic E-state index is 13.5. The van der Waals surface area contributed by atoms with E-state index in [0.717, 1.165) is 0 Å². The molecule has 0 aromatic rings. The molecule has 9 nitrogen and oxygen atoms in total. The lowest BCUT2D eigenvalue weighted by molar-refractivity contribution is -0.249. The Balaban J connectivity index is 1.44. The van der Waals surface area contributed by atoms with Crippen molar-refractivity contribution in [2.45, 2.75) is 117 Å². The standard InChI is InChI=1S/C25H38O9/c1-22(2,3)12-24(7,23(4,5)6)21(29)32-16-14-15(30-19(16)28)17-20(31-14)34-25(33-17)10-8-13(9-11-25)18(26)27/h13-17,20H,8-12H2,1-7H3,(H,26,27). The van der Waals surface area contributed by atoms with E-state index in [1.54, 1.807) is 0 Å². The Hall–Kier alpha value is -1.71. The first-order valence-corrected chi connectivity index (χ1v) is 12.2. The maximum Gasteiger partial charge on any atom is 0.350 e. The fourth-order valence-corrected chi connectivity index (χ4v) is 5.67. The van der Waals surface area contributed by atoms with Crippen LogP contribution < -0.4 is 0 Å². The molecule has 3 heterocycles. The fraction of sp³-hybridized carbons (Fsp3) is 0.880. The summed E-state index contributed by atoms with van der Waals surface area (Å²) in [4.78, 5) is 37.4. The summed E-state index contributed by atoms with van der Waals surface area (Å²) in [5, 5.41) is 9.25. The zero-order valence-electron chi connectivity index (χ0n) is 21.2. The highest BCUT2D eigenvalue weighted by Gasteiger charge is 2.66. The van der Waals surface area contributed by atoms with Crippen molar-refractivity contribution in [1.29, 1.82) is 0 Å². The summed E-state index contributed by atoms with van der Waals surface area (Å²) < 4.78 is 29.6. The van der Waals surface area contributed by atoms with Crippen LogP contribution in [-0.4, -0.2) is 59.5 Å². The molecule has 3 aliphatic heterocycles. The molecule has 1 spiro atoms. The minimum absolute atomic E-state index is 0.129. The van der Waals surface area contributed by atoms with Gasteiger partial charge in [0.25, 0.3) is 0 Å². The minimum Gasteiger partial charge on any atom is -0.481 e. The van der Waals surface area contributed by atoms with Crippen LogP contribution in [0, 0.1) is 22.2 Å². The molecule has 1 aliphatic carbocycles. The number of carboxylic acid groups (broad SMARTS) is 1. The van der Waals surface area contributed by atoms with E-state index < -0.39 is 71.1 Å². The van der Waals surface area contributed by atoms with Gasteiger partial charge in [0.2, 0.25) is 6.10 Å². The number of carbonyl (C=O) groups is 3. The number of carbonyl (C=O) groups excluding carboxylic acids is 2. The average molecular weight is 483 g/mol. The first-order chi connectivity index (χ1) is 15.6. The lowest BCUT2D eigenvalue weighted by Gasteiger charge is -2.43. The van der Waals surface area contributed by atoms with Gasteiger partial charge in [0.05, 0.1) is 11.3 Å². The van der Waals surface area contributed by atoms with Gasteiger partial charge in [-0.25, -0.2) is 4.79 Å². The Morgan fingerprint density at radius 3 is 2.15 bits per heavy atom. The maximum atomic E-state index is 13.5. The highest BCUT2D eigenvalue weighted by molar-refractivity contribution is 5.84. The minimum atomic E-state index is -1.18. The number of ether oxygens (including phenoxy) is 5. The van der Waals surface area contributed by atoms with Gasteiger partial charge in [0.1, 0.15) is 6.10 Å². The molecule has 34 heavy (non-hydrogen) atoms. The summed E-state index contributed by atoms with van der Waals surface area (Å²) >= 11 is 0. The van der Waals surface area contributed by atoms with Crippen LogP contribution in [0.2, 0.25) is 0 Å². The second-order valence-electron chi connectivity index (χ2n) is 12.7. The van der Waals surface area contributed by atoms with Crippen molar-refractivity contribution in [3.05, 3.63) is 0 Å². The van der Waals surface area contributed by atoms with Gasteiger partial charge < -0.3 is 28.8 Å². The summed E-state index contributed by atoms with van der Waals surface area (Å²) in [7, 11) is 0. The smallest absolute Gasteiger partial charge is 0.350 e. The SMILES string of the molecule is CC(C)(C)CC(C)(C(=O)OC1C(=O)OC2C3OC4(CCC(C(=O)O)CC4)OC3OC12)C(C)(C)C. The third kappa shape index (κ3) is 4.35. The predicted molar refractivity (Wildman–Crippen MR) is 118 cm³/mol. The van der Waals surface area contributed by atoms with Crippen LogP contribution in [0.3, 0.4) is 0 Å². The Bertz CT molecular complexity index is 845. The molecular weight excluding hydrogens is 444 g/mol. The molecule has 0 amide bonds. The third-order valence-electron chi connectivity index (χ3n) is 7.99. The second kappa shape index (κ2) is 8.17. The van der Waals surface area contributed by atoms with Crippen molar-refractivity contribution in [2.24, 2.45) is 22.2 Å². The van der Waals surface area contributed by atoms with E-state index in [-0.39, 0.29) is 5.41 Å². The first kappa shape index (κ1) is 25.4. The van der Waals surface area contributed by atoms with Crippen LogP contribution in [0.1, 0.15) is 80.6 Å². The van der Waals surface area contributed by atoms with E-state index in [1.807, 2.05) is 27.7 Å². The topological polar surface area (TPSA) is 118 Å². The highest BCUT2D eigenvalue weighted by Crippen LogP contribution is 2.51. The van der Waals surface area contributed by atoms with Crippen LogP contribution in [0.15, 0.2) is 0 Å². The molecule has 0 bridgehead atoms. The second-order valence-corrected chi connectivity index (χ2v) is 12.7. The zero-order valence-corrected chi connectivity index (χ0v) is 21.2. The molecule has 0 aromatic carbocycles. The van der Waals surface area contributed by atoms with Crippen molar-refractivity contribution >= 4 is 17.9 Å². The molecule has 1 saturated carbocycles. The van der Waals surface area contributed by atoms with Gasteiger partial charge >= 0.3 is 17.9 Å². The van der Waals surface area contributed by atoms with E-state index in [0.29, 0.717) is 32.1 Å². The Kier molecular flexibility index (Phi) is 6.10. The quantitative estimate of drug-likeness (QED) is 0.601. The number of hydrogen-bond acceptors (Lipinski definition) is 8. The summed E-state index contributed by atoms with van der Waals surface area (Å²) in [6.07, 6.45) is -1.79. The number of hydrogen-bond donors (Lipinski definition) is 1. The number of fused-ring (bicyclic) bond motifs is 3. The highest BCUT2D eigenvalue weighted by atomic mass is 16.9. The number of carboxylic acids is 1. The van der Waals surface area contributed by atoms with Crippen molar-refractivity contribution in [1.82, 2.24) is 0 Å². The molecule has 6 atom stereocenters. The summed E-state index contributed by atoms with van der Waals surface area (Å²) in [5.74, 6) is -3.25. The lowest BCUT2D eigenvalue weighted by atomic mass is 9.61. The molecule has 1 N–H and O–H groups in total. The number of aliphatic carboxylic acids is 1. The Morgan fingerprint density at radius 2 is 1.62 bits per heavy atom. The van der Waals surface area contributed by atoms with Crippen molar-refractivity contribution in [2.75, 3.05) is 0 Å². The van der Waals surface area contributed by atoms with Crippen LogP contribution >= 0.6 is 0 Å². The molecule has 0 radical (unpaired) electrons. The Morgan fingerprint density at radius 1 is 1.00 bits per heavy atom. The van der Waals surface area contributed by atoms with Crippen molar-refractivity contribution in [3.8, 4) is 0 Å². The van der Waals surface area contributed by atoms with Crippen LogP contribution in [0.25, 0.3) is 0 Å². The van der Waals surface area contributed by atoms with E-state index in [1.165, 1.54) is 0 Å². The van der Waals surface area contributed by atoms with E-state index in [4.69, 9.17) is 23.7 Å².